The SMILES string of the molecule is O=C1CCCN1c1cccc(NC(=S)NCc2cccnc2)c1. The molecular weight excluding hydrogens is 308 g/mol. The maximum atomic E-state index is 11.8. The number of pyridine rings is 1. The molecule has 1 aliphatic heterocycles. The van der Waals surface area contributed by atoms with E-state index in [-0.39, 0.29) is 5.91 Å². The highest BCUT2D eigenvalue weighted by Gasteiger charge is 2.21. The number of thiocarbonyl (C=S) groups is 1. The monoisotopic (exact) mass is 326 g/mol. The molecule has 2 aromatic rings. The second kappa shape index (κ2) is 7.19. The number of nitrogens with one attached hydrogen (secondary N) is 2. The van der Waals surface area contributed by atoms with Crippen molar-refractivity contribution in [3.05, 3.63) is 54.4 Å². The fourth-order valence-electron chi connectivity index (χ4n) is 2.53. The predicted octanol–water partition coefficient (Wildman–Crippen LogP) is 2.70. The van der Waals surface area contributed by atoms with Crippen LogP contribution in [0, 0.1) is 0 Å². The van der Waals surface area contributed by atoms with E-state index in [2.05, 4.69) is 15.6 Å². The number of amides is 1. The van der Waals surface area contributed by atoms with Crippen molar-refractivity contribution in [1.29, 1.82) is 0 Å². The molecule has 2 heterocycles. The molecule has 1 amide bonds. The second-order valence-electron chi connectivity index (χ2n) is 5.37. The van der Waals surface area contributed by atoms with Crippen molar-refractivity contribution >= 4 is 34.6 Å². The van der Waals surface area contributed by atoms with Gasteiger partial charge in [-0.2, -0.15) is 0 Å². The number of aromatic nitrogens is 1. The van der Waals surface area contributed by atoms with Gasteiger partial charge in [-0.25, -0.2) is 0 Å². The van der Waals surface area contributed by atoms with E-state index in [1.807, 2.05) is 41.3 Å². The van der Waals surface area contributed by atoms with E-state index < -0.39 is 0 Å². The number of hydrogen-bond donors (Lipinski definition) is 2. The van der Waals surface area contributed by atoms with E-state index in [0.29, 0.717) is 18.1 Å². The number of hydrogen-bond acceptors (Lipinski definition) is 3. The highest BCUT2D eigenvalue weighted by Crippen LogP contribution is 2.24. The van der Waals surface area contributed by atoms with Crippen molar-refractivity contribution in [2.45, 2.75) is 19.4 Å². The van der Waals surface area contributed by atoms with Gasteiger partial charge in [0.15, 0.2) is 5.11 Å². The highest BCUT2D eigenvalue weighted by molar-refractivity contribution is 7.80. The van der Waals surface area contributed by atoms with E-state index in [1.165, 1.54) is 0 Å². The molecule has 0 saturated carbocycles. The van der Waals surface area contributed by atoms with Crippen LogP contribution in [0.15, 0.2) is 48.8 Å². The summed E-state index contributed by atoms with van der Waals surface area (Å²) in [5.74, 6) is 0.180. The van der Waals surface area contributed by atoms with Crippen molar-refractivity contribution < 1.29 is 4.79 Å². The number of benzene rings is 1. The third-order valence-electron chi connectivity index (χ3n) is 3.66. The molecule has 1 aliphatic rings. The molecule has 0 spiro atoms. The maximum absolute atomic E-state index is 11.8. The zero-order chi connectivity index (χ0) is 16.1. The summed E-state index contributed by atoms with van der Waals surface area (Å²) >= 11 is 5.31. The lowest BCUT2D eigenvalue weighted by atomic mass is 10.2. The normalized spacial score (nSPS) is 13.9. The largest absolute Gasteiger partial charge is 0.358 e. The van der Waals surface area contributed by atoms with Crippen LogP contribution in [0.2, 0.25) is 0 Å². The number of carbonyl (C=O) groups is 1. The minimum atomic E-state index is 0.180. The molecule has 0 unspecified atom stereocenters. The van der Waals surface area contributed by atoms with Crippen LogP contribution in [-0.4, -0.2) is 22.5 Å². The van der Waals surface area contributed by atoms with Gasteiger partial charge in [-0.05, 0) is 48.5 Å². The Hall–Kier alpha value is -2.47. The first kappa shape index (κ1) is 15.4. The number of nitrogens with zero attached hydrogens (tertiary/aromatic N) is 2. The quantitative estimate of drug-likeness (QED) is 0.846. The third-order valence-corrected chi connectivity index (χ3v) is 3.91. The Labute approximate surface area is 140 Å². The van der Waals surface area contributed by atoms with Gasteiger partial charge in [0.2, 0.25) is 5.91 Å². The Morgan fingerprint density at radius 2 is 2.22 bits per heavy atom. The third kappa shape index (κ3) is 4.04. The van der Waals surface area contributed by atoms with Crippen LogP contribution < -0.4 is 15.5 Å². The van der Waals surface area contributed by atoms with E-state index in [0.717, 1.165) is 29.9 Å². The molecular formula is C17H18N4OS. The van der Waals surface area contributed by atoms with Crippen molar-refractivity contribution in [3.8, 4) is 0 Å². The molecule has 1 aromatic heterocycles. The molecule has 0 bridgehead atoms. The fraction of sp³-hybridized carbons (Fsp3) is 0.235. The van der Waals surface area contributed by atoms with Crippen LogP contribution in [0.4, 0.5) is 11.4 Å². The van der Waals surface area contributed by atoms with E-state index in [9.17, 15) is 4.79 Å². The fourth-order valence-corrected chi connectivity index (χ4v) is 2.72. The van der Waals surface area contributed by atoms with E-state index >= 15 is 0 Å². The maximum Gasteiger partial charge on any atom is 0.227 e. The molecule has 6 heteroatoms. The summed E-state index contributed by atoms with van der Waals surface area (Å²) in [5.41, 5.74) is 2.84. The van der Waals surface area contributed by atoms with Crippen LogP contribution in [-0.2, 0) is 11.3 Å². The summed E-state index contributed by atoms with van der Waals surface area (Å²) in [6, 6.07) is 11.6. The molecule has 5 nitrogen and oxygen atoms in total. The van der Waals surface area contributed by atoms with Gasteiger partial charge >= 0.3 is 0 Å². The average molecular weight is 326 g/mol. The second-order valence-corrected chi connectivity index (χ2v) is 5.78. The van der Waals surface area contributed by atoms with Crippen molar-refractivity contribution in [1.82, 2.24) is 10.3 Å². The molecule has 2 N–H and O–H groups in total. The van der Waals surface area contributed by atoms with Crippen LogP contribution in [0.1, 0.15) is 18.4 Å². The van der Waals surface area contributed by atoms with Gasteiger partial charge < -0.3 is 15.5 Å². The topological polar surface area (TPSA) is 57.3 Å². The van der Waals surface area contributed by atoms with Crippen molar-refractivity contribution in [2.24, 2.45) is 0 Å². The average Bonchev–Trinajstić information content (AvgIpc) is 3.00. The lowest BCUT2D eigenvalue weighted by Crippen LogP contribution is -2.28. The van der Waals surface area contributed by atoms with Gasteiger partial charge in [-0.15, -0.1) is 0 Å². The zero-order valence-electron chi connectivity index (χ0n) is 12.7. The van der Waals surface area contributed by atoms with Crippen LogP contribution in [0.5, 0.6) is 0 Å². The minimum Gasteiger partial charge on any atom is -0.358 e. The van der Waals surface area contributed by atoms with Crippen molar-refractivity contribution in [2.75, 3.05) is 16.8 Å². The summed E-state index contributed by atoms with van der Waals surface area (Å²) < 4.78 is 0. The molecule has 1 aromatic carbocycles. The lowest BCUT2D eigenvalue weighted by Gasteiger charge is -2.17. The summed E-state index contributed by atoms with van der Waals surface area (Å²) in [5, 5.41) is 6.84. The number of anilines is 2. The Balaban J connectivity index is 1.59. The number of rotatable bonds is 4. The van der Waals surface area contributed by atoms with Gasteiger partial charge in [0.1, 0.15) is 0 Å². The molecule has 0 radical (unpaired) electrons. The van der Waals surface area contributed by atoms with Crippen LogP contribution in [0.25, 0.3) is 0 Å². The van der Waals surface area contributed by atoms with Crippen LogP contribution >= 0.6 is 12.2 Å². The molecule has 1 saturated heterocycles. The van der Waals surface area contributed by atoms with Gasteiger partial charge in [-0.1, -0.05) is 12.1 Å². The standard InChI is InChI=1S/C17H18N4OS/c22-16-7-3-9-21(16)15-6-1-5-14(10-15)20-17(23)19-12-13-4-2-8-18-11-13/h1-2,4-6,8,10-11H,3,7,9,12H2,(H2,19,20,23). The Morgan fingerprint density at radius 3 is 2.96 bits per heavy atom. The first-order valence-corrected chi connectivity index (χ1v) is 7.97. The molecule has 1 fully saturated rings. The summed E-state index contributed by atoms with van der Waals surface area (Å²) in [4.78, 5) is 17.7. The summed E-state index contributed by atoms with van der Waals surface area (Å²) in [6.45, 7) is 1.40. The summed E-state index contributed by atoms with van der Waals surface area (Å²) in [6.07, 6.45) is 5.09. The number of carbonyl (C=O) groups excluding carboxylic acids is 1. The molecule has 0 atom stereocenters. The minimum absolute atomic E-state index is 0.180. The van der Waals surface area contributed by atoms with E-state index in [1.54, 1.807) is 12.4 Å². The smallest absolute Gasteiger partial charge is 0.227 e. The lowest BCUT2D eigenvalue weighted by molar-refractivity contribution is -0.117. The molecule has 0 aliphatic carbocycles. The Kier molecular flexibility index (Phi) is 4.83. The van der Waals surface area contributed by atoms with Gasteiger partial charge in [0.25, 0.3) is 0 Å². The van der Waals surface area contributed by atoms with E-state index in [4.69, 9.17) is 12.2 Å². The van der Waals surface area contributed by atoms with Gasteiger partial charge in [0, 0.05) is 43.3 Å². The van der Waals surface area contributed by atoms with Gasteiger partial charge in [-0.3, -0.25) is 9.78 Å². The van der Waals surface area contributed by atoms with Crippen molar-refractivity contribution in [3.63, 3.8) is 0 Å². The summed E-state index contributed by atoms with van der Waals surface area (Å²) in [7, 11) is 0. The highest BCUT2D eigenvalue weighted by atomic mass is 32.1. The molecule has 3 rings (SSSR count). The first-order chi connectivity index (χ1) is 11.2. The predicted molar refractivity (Wildman–Crippen MR) is 95.3 cm³/mol. The Bertz CT molecular complexity index is 705. The molecule has 118 valence electrons. The Morgan fingerprint density at radius 1 is 1.30 bits per heavy atom. The molecule has 23 heavy (non-hydrogen) atoms. The van der Waals surface area contributed by atoms with Gasteiger partial charge in [0.05, 0.1) is 0 Å². The first-order valence-electron chi connectivity index (χ1n) is 7.56. The zero-order valence-corrected chi connectivity index (χ0v) is 13.5. The van der Waals surface area contributed by atoms with Crippen LogP contribution in [0.3, 0.4) is 0 Å².